The molecular weight excluding hydrogens is 408 g/mol. The van der Waals surface area contributed by atoms with Gasteiger partial charge >= 0.3 is 0 Å². The first-order chi connectivity index (χ1) is 16.7. The van der Waals surface area contributed by atoms with E-state index in [1.807, 2.05) is 30.3 Å². The lowest BCUT2D eigenvalue weighted by Gasteiger charge is -1.98. The standard InChI is InChI=1S/C12H8.2C11H10/c1-2-10-7-5-8-11-6-3-4-9-12(10)11;1-9-5-4-7-10-6-2-3-8-11(9)10;1-9-6-7-10-4-2-3-5-11(10)8-9/h1,3-9H;2*2-8H,1H3. The molecule has 6 aromatic rings. The molecule has 0 amide bonds. The van der Waals surface area contributed by atoms with Crippen LogP contribution in [0.1, 0.15) is 16.7 Å². The summed E-state index contributed by atoms with van der Waals surface area (Å²) < 4.78 is 0. The number of hydrogen-bond donors (Lipinski definition) is 0. The predicted molar refractivity (Wildman–Crippen MR) is 149 cm³/mol. The van der Waals surface area contributed by atoms with Crippen molar-refractivity contribution in [2.75, 3.05) is 0 Å². The lowest BCUT2D eigenvalue weighted by molar-refractivity contribution is 1.51. The highest BCUT2D eigenvalue weighted by Crippen LogP contribution is 2.18. The van der Waals surface area contributed by atoms with Crippen LogP contribution in [0.4, 0.5) is 0 Å². The van der Waals surface area contributed by atoms with Crippen molar-refractivity contribution in [1.29, 1.82) is 0 Å². The summed E-state index contributed by atoms with van der Waals surface area (Å²) in [7, 11) is 0. The van der Waals surface area contributed by atoms with Gasteiger partial charge in [-0.05, 0) is 57.8 Å². The molecule has 0 spiro atoms. The van der Waals surface area contributed by atoms with Crippen LogP contribution in [0.25, 0.3) is 32.3 Å². The number of aryl methyl sites for hydroxylation is 2. The number of benzene rings is 6. The Morgan fingerprint density at radius 1 is 0.471 bits per heavy atom. The highest BCUT2D eigenvalue weighted by atomic mass is 14.0. The molecule has 0 heteroatoms. The summed E-state index contributed by atoms with van der Waals surface area (Å²) in [5, 5.41) is 7.68. The molecule has 0 N–H and O–H groups in total. The van der Waals surface area contributed by atoms with Crippen LogP contribution in [0.15, 0.2) is 127 Å². The van der Waals surface area contributed by atoms with Crippen LogP contribution in [-0.4, -0.2) is 0 Å². The van der Waals surface area contributed by atoms with Crippen LogP contribution >= 0.6 is 0 Å². The van der Waals surface area contributed by atoms with E-state index in [-0.39, 0.29) is 0 Å². The minimum atomic E-state index is 0.966. The highest BCUT2D eigenvalue weighted by Gasteiger charge is 1.95. The Bertz CT molecular complexity index is 1560. The molecule has 0 aliphatic rings. The van der Waals surface area contributed by atoms with Gasteiger partial charge in [0.1, 0.15) is 0 Å². The molecular formula is C34H28. The molecule has 6 aromatic carbocycles. The Morgan fingerprint density at radius 3 is 1.68 bits per heavy atom. The van der Waals surface area contributed by atoms with Gasteiger partial charge in [0.15, 0.2) is 0 Å². The summed E-state index contributed by atoms with van der Waals surface area (Å²) in [5.41, 5.74) is 3.64. The topological polar surface area (TPSA) is 0 Å². The molecule has 0 radical (unpaired) electrons. The van der Waals surface area contributed by atoms with Gasteiger partial charge in [-0.15, -0.1) is 6.42 Å². The average Bonchev–Trinajstić information content (AvgIpc) is 2.89. The van der Waals surface area contributed by atoms with Gasteiger partial charge in [0.25, 0.3) is 0 Å². The van der Waals surface area contributed by atoms with Gasteiger partial charge in [-0.25, -0.2) is 0 Å². The fraction of sp³-hybridized carbons (Fsp3) is 0.0588. The van der Waals surface area contributed by atoms with E-state index in [4.69, 9.17) is 6.42 Å². The van der Waals surface area contributed by atoms with Crippen molar-refractivity contribution in [1.82, 2.24) is 0 Å². The van der Waals surface area contributed by atoms with Gasteiger partial charge in [0, 0.05) is 5.56 Å². The zero-order valence-corrected chi connectivity index (χ0v) is 19.7. The maximum absolute atomic E-state index is 5.37. The highest BCUT2D eigenvalue weighted by molar-refractivity contribution is 5.88. The SMILES string of the molecule is C#Cc1cccc2ccccc12.Cc1ccc2ccccc2c1.Cc1cccc2ccccc12. The van der Waals surface area contributed by atoms with E-state index in [0.29, 0.717) is 0 Å². The maximum Gasteiger partial charge on any atom is 0.0321 e. The molecule has 164 valence electrons. The van der Waals surface area contributed by atoms with E-state index in [0.717, 1.165) is 10.9 Å². The quantitative estimate of drug-likeness (QED) is 0.208. The van der Waals surface area contributed by atoms with E-state index in [1.165, 1.54) is 38.1 Å². The molecule has 0 nitrogen and oxygen atoms in total. The van der Waals surface area contributed by atoms with Gasteiger partial charge in [-0.3, -0.25) is 0 Å². The van der Waals surface area contributed by atoms with Crippen molar-refractivity contribution in [2.45, 2.75) is 13.8 Å². The Labute approximate surface area is 202 Å². The molecule has 0 unspecified atom stereocenters. The normalized spacial score (nSPS) is 10.0. The summed E-state index contributed by atoms with van der Waals surface area (Å²) in [6.45, 7) is 4.26. The van der Waals surface area contributed by atoms with Crippen molar-refractivity contribution in [3.63, 3.8) is 0 Å². The second-order valence-electron chi connectivity index (χ2n) is 8.32. The van der Waals surface area contributed by atoms with E-state index in [1.54, 1.807) is 0 Å². The number of terminal acetylenes is 1. The fourth-order valence-electron chi connectivity index (χ4n) is 4.05. The average molecular weight is 437 g/mol. The summed E-state index contributed by atoms with van der Waals surface area (Å²) in [6, 6.07) is 43.9. The van der Waals surface area contributed by atoms with Crippen LogP contribution < -0.4 is 0 Å². The smallest absolute Gasteiger partial charge is 0.0321 e. The van der Waals surface area contributed by atoms with Gasteiger partial charge < -0.3 is 0 Å². The van der Waals surface area contributed by atoms with Crippen molar-refractivity contribution < 1.29 is 0 Å². The molecule has 0 saturated heterocycles. The van der Waals surface area contributed by atoms with Crippen molar-refractivity contribution in [2.24, 2.45) is 0 Å². The van der Waals surface area contributed by atoms with E-state index < -0.39 is 0 Å². The minimum Gasteiger partial charge on any atom is -0.115 e. The van der Waals surface area contributed by atoms with Crippen LogP contribution in [0.5, 0.6) is 0 Å². The van der Waals surface area contributed by atoms with Gasteiger partial charge in [0.05, 0.1) is 0 Å². The van der Waals surface area contributed by atoms with E-state index in [9.17, 15) is 0 Å². The van der Waals surface area contributed by atoms with Crippen molar-refractivity contribution in [3.05, 3.63) is 144 Å². The fourth-order valence-corrected chi connectivity index (χ4v) is 4.05. The van der Waals surface area contributed by atoms with E-state index in [2.05, 4.69) is 117 Å². The summed E-state index contributed by atoms with van der Waals surface area (Å²) in [4.78, 5) is 0. The number of rotatable bonds is 0. The summed E-state index contributed by atoms with van der Waals surface area (Å²) in [6.07, 6.45) is 5.37. The molecule has 0 aromatic heterocycles. The first kappa shape index (κ1) is 22.8. The van der Waals surface area contributed by atoms with Crippen LogP contribution in [-0.2, 0) is 0 Å². The second kappa shape index (κ2) is 11.0. The van der Waals surface area contributed by atoms with E-state index >= 15 is 0 Å². The molecule has 0 heterocycles. The largest absolute Gasteiger partial charge is 0.115 e. The minimum absolute atomic E-state index is 0.966. The molecule has 0 saturated carbocycles. The molecule has 34 heavy (non-hydrogen) atoms. The molecule has 0 aliphatic carbocycles. The molecule has 0 bridgehead atoms. The Hall–Kier alpha value is -4.34. The van der Waals surface area contributed by atoms with Gasteiger partial charge in [-0.1, -0.05) is 133 Å². The molecule has 0 atom stereocenters. The Kier molecular flexibility index (Phi) is 7.39. The van der Waals surface area contributed by atoms with Crippen molar-refractivity contribution in [3.8, 4) is 12.3 Å². The second-order valence-corrected chi connectivity index (χ2v) is 8.32. The predicted octanol–water partition coefficient (Wildman–Crippen LogP) is 9.12. The van der Waals surface area contributed by atoms with Crippen molar-refractivity contribution >= 4 is 32.3 Å². The number of fused-ring (bicyclic) bond motifs is 3. The zero-order valence-electron chi connectivity index (χ0n) is 19.7. The Balaban J connectivity index is 0.000000121. The zero-order chi connectivity index (χ0) is 23.8. The third kappa shape index (κ3) is 5.52. The van der Waals surface area contributed by atoms with Gasteiger partial charge in [-0.2, -0.15) is 0 Å². The van der Waals surface area contributed by atoms with Crippen LogP contribution in [0.3, 0.4) is 0 Å². The summed E-state index contributed by atoms with van der Waals surface area (Å²) >= 11 is 0. The third-order valence-electron chi connectivity index (χ3n) is 5.86. The maximum atomic E-state index is 5.37. The number of hydrogen-bond acceptors (Lipinski definition) is 0. The third-order valence-corrected chi connectivity index (χ3v) is 5.86. The van der Waals surface area contributed by atoms with Crippen LogP contribution in [0, 0.1) is 26.2 Å². The first-order valence-corrected chi connectivity index (χ1v) is 11.5. The Morgan fingerprint density at radius 2 is 1.00 bits per heavy atom. The van der Waals surface area contributed by atoms with Crippen LogP contribution in [0.2, 0.25) is 0 Å². The monoisotopic (exact) mass is 436 g/mol. The molecule has 0 fully saturated rings. The molecule has 0 aliphatic heterocycles. The first-order valence-electron chi connectivity index (χ1n) is 11.5. The summed E-state index contributed by atoms with van der Waals surface area (Å²) in [5.74, 6) is 2.67. The lowest BCUT2D eigenvalue weighted by Crippen LogP contribution is -1.77. The van der Waals surface area contributed by atoms with Gasteiger partial charge in [0.2, 0.25) is 0 Å². The lowest BCUT2D eigenvalue weighted by atomic mass is 10.1. The molecule has 6 rings (SSSR count).